The third kappa shape index (κ3) is 4.72. The Hall–Kier alpha value is -3.09. The van der Waals surface area contributed by atoms with Crippen LogP contribution in [0.1, 0.15) is 10.4 Å². The number of anilines is 1. The van der Waals surface area contributed by atoms with Gasteiger partial charge in [0.15, 0.2) is 0 Å². The largest absolute Gasteiger partial charge is 0.497 e. The number of amides is 1. The standard InChI is InChI=1S/C24H26N2O4/c1-28-19-6-4-5-18(17-19)24(27)25-22-9-10-23(21-8-3-2-7-20(21)22)30-16-13-26-11-14-29-15-12-26/h2-10,17H,11-16H2,1H3,(H,25,27). The van der Waals surface area contributed by atoms with Gasteiger partial charge in [0.05, 0.1) is 20.3 Å². The normalized spacial score (nSPS) is 14.4. The first-order chi connectivity index (χ1) is 14.7. The van der Waals surface area contributed by atoms with Crippen molar-refractivity contribution in [1.29, 1.82) is 0 Å². The maximum atomic E-state index is 12.7. The Kier molecular flexibility index (Phi) is 6.47. The monoisotopic (exact) mass is 406 g/mol. The van der Waals surface area contributed by atoms with Gasteiger partial charge in [0.1, 0.15) is 18.1 Å². The molecule has 3 aromatic carbocycles. The van der Waals surface area contributed by atoms with E-state index >= 15 is 0 Å². The van der Waals surface area contributed by atoms with Gasteiger partial charge in [0, 0.05) is 41.7 Å². The molecule has 0 atom stereocenters. The van der Waals surface area contributed by atoms with Gasteiger partial charge in [-0.05, 0) is 30.3 Å². The fraction of sp³-hybridized carbons (Fsp3) is 0.292. The average molecular weight is 406 g/mol. The summed E-state index contributed by atoms with van der Waals surface area (Å²) < 4.78 is 16.7. The second kappa shape index (κ2) is 9.61. The molecule has 156 valence electrons. The summed E-state index contributed by atoms with van der Waals surface area (Å²) in [6.45, 7) is 4.93. The van der Waals surface area contributed by atoms with E-state index in [1.54, 1.807) is 25.3 Å². The van der Waals surface area contributed by atoms with Crippen LogP contribution in [0.2, 0.25) is 0 Å². The van der Waals surface area contributed by atoms with Crippen molar-refractivity contribution in [2.75, 3.05) is 51.9 Å². The Labute approximate surface area is 176 Å². The number of rotatable bonds is 7. The summed E-state index contributed by atoms with van der Waals surface area (Å²) in [5, 5.41) is 4.93. The highest BCUT2D eigenvalue weighted by molar-refractivity contribution is 6.10. The number of carbonyl (C=O) groups is 1. The molecule has 0 radical (unpaired) electrons. The average Bonchev–Trinajstić information content (AvgIpc) is 2.81. The molecule has 1 N–H and O–H groups in total. The fourth-order valence-electron chi connectivity index (χ4n) is 3.57. The van der Waals surface area contributed by atoms with Crippen molar-refractivity contribution in [3.8, 4) is 11.5 Å². The van der Waals surface area contributed by atoms with Gasteiger partial charge in [-0.15, -0.1) is 0 Å². The van der Waals surface area contributed by atoms with E-state index in [9.17, 15) is 4.79 Å². The Balaban J connectivity index is 1.49. The fourth-order valence-corrected chi connectivity index (χ4v) is 3.57. The lowest BCUT2D eigenvalue weighted by Gasteiger charge is -2.26. The lowest BCUT2D eigenvalue weighted by molar-refractivity contribution is 0.0323. The number of nitrogens with one attached hydrogen (secondary N) is 1. The number of hydrogen-bond acceptors (Lipinski definition) is 5. The summed E-state index contributed by atoms with van der Waals surface area (Å²) >= 11 is 0. The number of nitrogens with zero attached hydrogens (tertiary/aromatic N) is 1. The molecular formula is C24H26N2O4. The first-order valence-electron chi connectivity index (χ1n) is 10.1. The molecule has 1 saturated heterocycles. The van der Waals surface area contributed by atoms with Gasteiger partial charge in [0.25, 0.3) is 5.91 Å². The van der Waals surface area contributed by atoms with Crippen LogP contribution in [0.15, 0.2) is 60.7 Å². The van der Waals surface area contributed by atoms with Crippen LogP contribution in [0, 0.1) is 0 Å². The van der Waals surface area contributed by atoms with Crippen LogP contribution in [-0.4, -0.2) is 57.4 Å². The third-order valence-electron chi connectivity index (χ3n) is 5.23. The van der Waals surface area contributed by atoms with Gasteiger partial charge >= 0.3 is 0 Å². The Morgan fingerprint density at radius 3 is 2.63 bits per heavy atom. The molecule has 1 fully saturated rings. The minimum atomic E-state index is -0.181. The number of ether oxygens (including phenoxy) is 3. The minimum Gasteiger partial charge on any atom is -0.497 e. The third-order valence-corrected chi connectivity index (χ3v) is 5.23. The van der Waals surface area contributed by atoms with Crippen LogP contribution in [0.5, 0.6) is 11.5 Å². The maximum absolute atomic E-state index is 12.7. The van der Waals surface area contributed by atoms with Gasteiger partial charge in [-0.25, -0.2) is 0 Å². The van der Waals surface area contributed by atoms with Crippen molar-refractivity contribution in [3.63, 3.8) is 0 Å². The van der Waals surface area contributed by atoms with Crippen LogP contribution >= 0.6 is 0 Å². The summed E-state index contributed by atoms with van der Waals surface area (Å²) in [5.41, 5.74) is 1.29. The van der Waals surface area contributed by atoms with Crippen LogP contribution in [-0.2, 0) is 4.74 Å². The first kappa shape index (κ1) is 20.2. The van der Waals surface area contributed by atoms with Gasteiger partial charge in [0.2, 0.25) is 0 Å². The first-order valence-corrected chi connectivity index (χ1v) is 10.1. The van der Waals surface area contributed by atoms with Gasteiger partial charge in [-0.1, -0.05) is 30.3 Å². The number of hydrogen-bond donors (Lipinski definition) is 1. The minimum absolute atomic E-state index is 0.181. The van der Waals surface area contributed by atoms with Crippen molar-refractivity contribution >= 4 is 22.4 Å². The van der Waals surface area contributed by atoms with E-state index in [-0.39, 0.29) is 5.91 Å². The smallest absolute Gasteiger partial charge is 0.255 e. The van der Waals surface area contributed by atoms with Crippen LogP contribution in [0.25, 0.3) is 10.8 Å². The van der Waals surface area contributed by atoms with Crippen molar-refractivity contribution in [3.05, 3.63) is 66.2 Å². The van der Waals surface area contributed by atoms with Crippen LogP contribution in [0.3, 0.4) is 0 Å². The predicted octanol–water partition coefficient (Wildman–Crippen LogP) is 3.81. The quantitative estimate of drug-likeness (QED) is 0.647. The lowest BCUT2D eigenvalue weighted by Crippen LogP contribution is -2.38. The second-order valence-electron chi connectivity index (χ2n) is 7.15. The Morgan fingerprint density at radius 1 is 1.03 bits per heavy atom. The SMILES string of the molecule is COc1cccc(C(=O)Nc2ccc(OCCN3CCOCC3)c3ccccc23)c1. The molecule has 1 amide bonds. The van der Waals surface area contributed by atoms with Crippen LogP contribution in [0.4, 0.5) is 5.69 Å². The number of benzene rings is 3. The topological polar surface area (TPSA) is 60.0 Å². The van der Waals surface area contributed by atoms with E-state index < -0.39 is 0 Å². The molecule has 1 aliphatic rings. The van der Waals surface area contributed by atoms with Crippen molar-refractivity contribution in [2.45, 2.75) is 0 Å². The lowest BCUT2D eigenvalue weighted by atomic mass is 10.1. The highest BCUT2D eigenvalue weighted by Crippen LogP contribution is 2.32. The van der Waals surface area contributed by atoms with Gasteiger partial charge < -0.3 is 19.5 Å². The summed E-state index contributed by atoms with van der Waals surface area (Å²) in [6.07, 6.45) is 0. The van der Waals surface area contributed by atoms with Gasteiger partial charge in [-0.3, -0.25) is 9.69 Å². The predicted molar refractivity (Wildman–Crippen MR) is 118 cm³/mol. The molecule has 1 heterocycles. The van der Waals surface area contributed by atoms with E-state index in [1.165, 1.54) is 0 Å². The van der Waals surface area contributed by atoms with E-state index in [4.69, 9.17) is 14.2 Å². The number of fused-ring (bicyclic) bond motifs is 1. The van der Waals surface area contributed by atoms with Crippen molar-refractivity contribution < 1.29 is 19.0 Å². The molecule has 3 aromatic rings. The zero-order valence-corrected chi connectivity index (χ0v) is 17.1. The Morgan fingerprint density at radius 2 is 1.83 bits per heavy atom. The number of morpholine rings is 1. The summed E-state index contributed by atoms with van der Waals surface area (Å²) in [4.78, 5) is 15.1. The molecule has 0 saturated carbocycles. The van der Waals surface area contributed by atoms with Crippen LogP contribution < -0.4 is 14.8 Å². The summed E-state index contributed by atoms with van der Waals surface area (Å²) in [5.74, 6) is 1.29. The molecule has 0 aromatic heterocycles. The number of methoxy groups -OCH3 is 1. The molecule has 0 bridgehead atoms. The molecule has 6 heteroatoms. The highest BCUT2D eigenvalue weighted by atomic mass is 16.5. The molecule has 0 aliphatic carbocycles. The summed E-state index contributed by atoms with van der Waals surface area (Å²) in [6, 6.07) is 18.9. The highest BCUT2D eigenvalue weighted by Gasteiger charge is 2.13. The maximum Gasteiger partial charge on any atom is 0.255 e. The number of carbonyl (C=O) groups excluding carboxylic acids is 1. The summed E-state index contributed by atoms with van der Waals surface area (Å²) in [7, 11) is 1.59. The van der Waals surface area contributed by atoms with Crippen molar-refractivity contribution in [1.82, 2.24) is 4.90 Å². The Bertz CT molecular complexity index is 1020. The van der Waals surface area contributed by atoms with E-state index in [2.05, 4.69) is 10.2 Å². The molecule has 4 rings (SSSR count). The molecule has 6 nitrogen and oxygen atoms in total. The molecule has 0 unspecified atom stereocenters. The van der Waals surface area contributed by atoms with Crippen molar-refractivity contribution in [2.24, 2.45) is 0 Å². The second-order valence-corrected chi connectivity index (χ2v) is 7.15. The zero-order chi connectivity index (χ0) is 20.8. The molecule has 0 spiro atoms. The molecular weight excluding hydrogens is 380 g/mol. The molecule has 1 aliphatic heterocycles. The van der Waals surface area contributed by atoms with Gasteiger partial charge in [-0.2, -0.15) is 0 Å². The zero-order valence-electron chi connectivity index (χ0n) is 17.1. The molecule has 30 heavy (non-hydrogen) atoms. The van der Waals surface area contributed by atoms with E-state index in [0.29, 0.717) is 17.9 Å². The van der Waals surface area contributed by atoms with E-state index in [1.807, 2.05) is 42.5 Å². The van der Waals surface area contributed by atoms with E-state index in [0.717, 1.165) is 55.1 Å².